The molecule has 4 unspecified atom stereocenters. The van der Waals surface area contributed by atoms with Gasteiger partial charge in [0, 0.05) is 28.7 Å². The first-order chi connectivity index (χ1) is 17.9. The molecule has 7 rings (SSSR count). The molecular formula is C28H20ClFN4O3. The monoisotopic (exact) mass is 514 g/mol. The number of hydrogen-bond acceptors (Lipinski definition) is 4. The highest BCUT2D eigenvalue weighted by Crippen LogP contribution is 2.55. The Morgan fingerprint density at radius 1 is 0.946 bits per heavy atom. The fourth-order valence-electron chi connectivity index (χ4n) is 6.35. The lowest BCUT2D eigenvalue weighted by molar-refractivity contribution is -0.130. The summed E-state index contributed by atoms with van der Waals surface area (Å²) < 4.78 is 13.6. The summed E-state index contributed by atoms with van der Waals surface area (Å²) in [5.74, 6) is -3.63. The van der Waals surface area contributed by atoms with Crippen LogP contribution in [-0.4, -0.2) is 28.7 Å². The largest absolute Gasteiger partial charge is 0.361 e. The molecule has 3 aliphatic rings. The van der Waals surface area contributed by atoms with Crippen LogP contribution in [0.1, 0.15) is 11.1 Å². The molecule has 0 aliphatic carbocycles. The van der Waals surface area contributed by atoms with Gasteiger partial charge in [0.2, 0.25) is 17.7 Å². The highest BCUT2D eigenvalue weighted by molar-refractivity contribution is 6.35. The van der Waals surface area contributed by atoms with Crippen molar-refractivity contribution >= 4 is 51.6 Å². The Balaban J connectivity index is 1.39. The van der Waals surface area contributed by atoms with Crippen LogP contribution < -0.4 is 15.5 Å². The van der Waals surface area contributed by atoms with Crippen molar-refractivity contribution in [1.82, 2.24) is 10.3 Å². The minimum atomic E-state index is -1.47. The van der Waals surface area contributed by atoms with Crippen molar-refractivity contribution in [3.63, 3.8) is 0 Å². The Morgan fingerprint density at radius 3 is 2.54 bits per heavy atom. The van der Waals surface area contributed by atoms with E-state index in [0.29, 0.717) is 22.7 Å². The van der Waals surface area contributed by atoms with Crippen LogP contribution in [0.4, 0.5) is 15.8 Å². The van der Waals surface area contributed by atoms with E-state index in [1.54, 1.807) is 18.2 Å². The Hall–Kier alpha value is -4.01. The number of aromatic amines is 1. The quantitative estimate of drug-likeness (QED) is 0.358. The van der Waals surface area contributed by atoms with Crippen molar-refractivity contribution in [2.45, 2.75) is 18.0 Å². The average molecular weight is 515 g/mol. The second-order valence-corrected chi connectivity index (χ2v) is 10.1. The molecule has 7 nitrogen and oxygen atoms in total. The Labute approximate surface area is 215 Å². The van der Waals surface area contributed by atoms with E-state index >= 15 is 0 Å². The number of hydrogen-bond donors (Lipinski definition) is 3. The predicted octanol–water partition coefficient (Wildman–Crippen LogP) is 4.13. The van der Waals surface area contributed by atoms with Crippen molar-refractivity contribution in [1.29, 1.82) is 0 Å². The predicted molar refractivity (Wildman–Crippen MR) is 137 cm³/mol. The lowest BCUT2D eigenvalue weighted by Crippen LogP contribution is -2.53. The molecule has 1 spiro atoms. The molecular weight excluding hydrogens is 495 g/mol. The zero-order chi connectivity index (χ0) is 25.5. The summed E-state index contributed by atoms with van der Waals surface area (Å²) in [5, 5.41) is 7.64. The Bertz CT molecular complexity index is 1630. The summed E-state index contributed by atoms with van der Waals surface area (Å²) in [4.78, 5) is 45.9. The van der Waals surface area contributed by atoms with Gasteiger partial charge in [-0.05, 0) is 48.4 Å². The smallest absolute Gasteiger partial charge is 0.250 e. The molecule has 0 bridgehead atoms. The number of imide groups is 1. The molecule has 2 saturated heterocycles. The number of benzene rings is 3. The maximum absolute atomic E-state index is 14.0. The van der Waals surface area contributed by atoms with Crippen molar-refractivity contribution in [3.05, 3.63) is 94.9 Å². The number of fused-ring (bicyclic) bond motifs is 5. The number of nitrogens with one attached hydrogen (secondary N) is 3. The third-order valence-corrected chi connectivity index (χ3v) is 8.21. The Kier molecular flexibility index (Phi) is 4.65. The SMILES string of the molecule is O=C1C2C(Cc3c[nH]c4ccccc34)NC3(C(=O)Nc4c(Cl)cccc43)C2C(=O)N1c1ccc(F)cc1. The summed E-state index contributed by atoms with van der Waals surface area (Å²) in [6.45, 7) is 0. The molecule has 2 fully saturated rings. The number of anilines is 2. The molecule has 37 heavy (non-hydrogen) atoms. The molecule has 3 aromatic carbocycles. The number of rotatable bonds is 3. The molecule has 4 atom stereocenters. The van der Waals surface area contributed by atoms with Gasteiger partial charge in [-0.2, -0.15) is 0 Å². The fraction of sp³-hybridized carbons (Fsp3) is 0.179. The van der Waals surface area contributed by atoms with Crippen molar-refractivity contribution in [2.24, 2.45) is 11.8 Å². The van der Waals surface area contributed by atoms with Crippen molar-refractivity contribution < 1.29 is 18.8 Å². The van der Waals surface area contributed by atoms with Crippen LogP contribution >= 0.6 is 11.6 Å². The lowest BCUT2D eigenvalue weighted by atomic mass is 9.76. The number of halogens is 2. The highest BCUT2D eigenvalue weighted by Gasteiger charge is 2.70. The van der Waals surface area contributed by atoms with E-state index in [1.165, 1.54) is 24.3 Å². The van der Waals surface area contributed by atoms with E-state index in [9.17, 15) is 18.8 Å². The van der Waals surface area contributed by atoms with Crippen molar-refractivity contribution in [3.8, 4) is 0 Å². The number of para-hydroxylation sites is 2. The van der Waals surface area contributed by atoms with E-state index in [2.05, 4.69) is 15.6 Å². The number of H-pyrrole nitrogens is 1. The van der Waals surface area contributed by atoms with Crippen LogP contribution in [0, 0.1) is 17.7 Å². The number of aromatic nitrogens is 1. The van der Waals surface area contributed by atoms with Gasteiger partial charge in [-0.1, -0.05) is 41.9 Å². The first kappa shape index (κ1) is 22.2. The second kappa shape index (κ2) is 7.74. The molecule has 9 heteroatoms. The molecule has 3 aliphatic heterocycles. The molecule has 184 valence electrons. The van der Waals surface area contributed by atoms with Crippen LogP contribution in [0.15, 0.2) is 72.9 Å². The van der Waals surface area contributed by atoms with Gasteiger partial charge >= 0.3 is 0 Å². The molecule has 4 heterocycles. The van der Waals surface area contributed by atoms with Gasteiger partial charge in [0.15, 0.2) is 0 Å². The molecule has 3 N–H and O–H groups in total. The molecule has 0 saturated carbocycles. The number of amides is 3. The first-order valence-corrected chi connectivity index (χ1v) is 12.3. The maximum atomic E-state index is 14.0. The first-order valence-electron chi connectivity index (χ1n) is 12.0. The number of carbonyl (C=O) groups excluding carboxylic acids is 3. The highest BCUT2D eigenvalue weighted by atomic mass is 35.5. The molecule has 4 aromatic rings. The second-order valence-electron chi connectivity index (χ2n) is 9.73. The summed E-state index contributed by atoms with van der Waals surface area (Å²) in [5.41, 5.74) is 1.71. The third kappa shape index (κ3) is 2.94. The molecule has 0 radical (unpaired) electrons. The fourth-order valence-corrected chi connectivity index (χ4v) is 6.57. The van der Waals surface area contributed by atoms with Crippen molar-refractivity contribution in [2.75, 3.05) is 10.2 Å². The van der Waals surface area contributed by atoms with Gasteiger partial charge in [0.1, 0.15) is 11.4 Å². The van der Waals surface area contributed by atoms with Gasteiger partial charge in [-0.15, -0.1) is 0 Å². The van der Waals surface area contributed by atoms with Gasteiger partial charge in [0.25, 0.3) is 0 Å². The number of carbonyl (C=O) groups is 3. The third-order valence-electron chi connectivity index (χ3n) is 7.90. The van der Waals surface area contributed by atoms with Crippen LogP contribution in [0.3, 0.4) is 0 Å². The average Bonchev–Trinajstić information content (AvgIpc) is 3.60. The standard InChI is InChI=1S/C28H20ClFN4O3/c29-19-6-3-5-18-24(19)32-27(37)28(18)23-22(25(35)34(26(23)36)16-10-8-15(30)9-11-16)21(33-28)12-14-13-31-20-7-2-1-4-17(14)20/h1-11,13,21-23,31,33H,12H2,(H,32,37). The minimum Gasteiger partial charge on any atom is -0.361 e. The van der Waals surface area contributed by atoms with E-state index in [1.807, 2.05) is 30.5 Å². The summed E-state index contributed by atoms with van der Waals surface area (Å²) in [6.07, 6.45) is 2.30. The van der Waals surface area contributed by atoms with Gasteiger partial charge in [-0.25, -0.2) is 9.29 Å². The van der Waals surface area contributed by atoms with E-state index < -0.39 is 47.0 Å². The molecule has 3 amide bonds. The van der Waals surface area contributed by atoms with E-state index in [-0.39, 0.29) is 5.69 Å². The van der Waals surface area contributed by atoms with Crippen LogP contribution in [-0.2, 0) is 26.3 Å². The minimum absolute atomic E-state index is 0.275. The van der Waals surface area contributed by atoms with E-state index in [4.69, 9.17) is 11.6 Å². The van der Waals surface area contributed by atoms with Gasteiger partial charge in [-0.3, -0.25) is 19.7 Å². The zero-order valence-corrected chi connectivity index (χ0v) is 20.1. The van der Waals surface area contributed by atoms with Gasteiger partial charge in [0.05, 0.1) is 28.2 Å². The van der Waals surface area contributed by atoms with Gasteiger partial charge < -0.3 is 10.3 Å². The Morgan fingerprint density at radius 2 is 1.73 bits per heavy atom. The normalized spacial score (nSPS) is 26.3. The van der Waals surface area contributed by atoms with Crippen LogP contribution in [0.2, 0.25) is 5.02 Å². The number of nitrogens with zero attached hydrogens (tertiary/aromatic N) is 1. The summed E-state index contributed by atoms with van der Waals surface area (Å²) in [6, 6.07) is 17.7. The lowest BCUT2D eigenvalue weighted by Gasteiger charge is -2.29. The summed E-state index contributed by atoms with van der Waals surface area (Å²) in [7, 11) is 0. The molecule has 1 aromatic heterocycles. The topological polar surface area (TPSA) is 94.3 Å². The maximum Gasteiger partial charge on any atom is 0.250 e. The van der Waals surface area contributed by atoms with Crippen LogP contribution in [0.25, 0.3) is 10.9 Å². The summed E-state index contributed by atoms with van der Waals surface area (Å²) >= 11 is 6.42. The van der Waals surface area contributed by atoms with Crippen LogP contribution in [0.5, 0.6) is 0 Å². The van der Waals surface area contributed by atoms with E-state index in [0.717, 1.165) is 21.4 Å². The zero-order valence-electron chi connectivity index (χ0n) is 19.3.